The van der Waals surface area contributed by atoms with Crippen LogP contribution in [0.1, 0.15) is 41.2 Å². The van der Waals surface area contributed by atoms with E-state index in [0.717, 1.165) is 0 Å². The van der Waals surface area contributed by atoms with Gasteiger partial charge in [-0.25, -0.2) is 4.39 Å². The molecule has 0 N–H and O–H groups in total. The number of nitrogens with zero attached hydrogens (tertiary/aromatic N) is 2. The predicted molar refractivity (Wildman–Crippen MR) is 103 cm³/mol. The molecule has 0 aliphatic carbocycles. The second-order valence-corrected chi connectivity index (χ2v) is 7.00. The fourth-order valence-corrected chi connectivity index (χ4v) is 3.51. The Morgan fingerprint density at radius 1 is 1.00 bits per heavy atom. The number of carbonyl (C=O) groups is 2. The van der Waals surface area contributed by atoms with Crippen LogP contribution in [-0.4, -0.2) is 48.2 Å². The van der Waals surface area contributed by atoms with Gasteiger partial charge in [-0.05, 0) is 19.5 Å². The number of Topliss-reactive ketones (excluding diaryl/α,β-unsaturated/α-hetero) is 1. The molecule has 0 spiro atoms. The van der Waals surface area contributed by atoms with Crippen LogP contribution in [0.3, 0.4) is 0 Å². The number of piperazine rings is 1. The Kier molecular flexibility index (Phi) is 6.35. The number of likely N-dealkylation sites (N-methyl/N-ethyl adjacent to an activating group) is 1. The number of rotatable bonds is 6. The third kappa shape index (κ3) is 4.80. The van der Waals surface area contributed by atoms with Gasteiger partial charge in [0.25, 0.3) is 0 Å². The average molecular weight is 368 g/mol. The zero-order chi connectivity index (χ0) is 19.2. The van der Waals surface area contributed by atoms with Crippen LogP contribution in [0.15, 0.2) is 54.6 Å². The van der Waals surface area contributed by atoms with E-state index in [0.29, 0.717) is 50.0 Å². The molecule has 0 aromatic heterocycles. The van der Waals surface area contributed by atoms with Crippen LogP contribution in [0.5, 0.6) is 0 Å². The van der Waals surface area contributed by atoms with E-state index in [1.54, 1.807) is 29.2 Å². The van der Waals surface area contributed by atoms with Crippen molar-refractivity contribution in [2.75, 3.05) is 26.7 Å². The third-order valence-electron chi connectivity index (χ3n) is 5.16. The second kappa shape index (κ2) is 8.91. The molecule has 1 unspecified atom stereocenters. The summed E-state index contributed by atoms with van der Waals surface area (Å²) in [7, 11) is 1.96. The monoisotopic (exact) mass is 368 g/mol. The van der Waals surface area contributed by atoms with Crippen LogP contribution in [0.4, 0.5) is 4.39 Å². The first-order valence-electron chi connectivity index (χ1n) is 9.37. The SMILES string of the molecule is CN1CCN(C(=O)CCCC(=O)c2ccccc2)CC1c1ccccc1F. The number of hydrogen-bond donors (Lipinski definition) is 0. The number of ketones is 1. The van der Waals surface area contributed by atoms with Crippen molar-refractivity contribution >= 4 is 11.7 Å². The zero-order valence-corrected chi connectivity index (χ0v) is 15.6. The molecule has 2 aromatic rings. The average Bonchev–Trinajstić information content (AvgIpc) is 2.69. The summed E-state index contributed by atoms with van der Waals surface area (Å²) < 4.78 is 14.2. The van der Waals surface area contributed by atoms with Crippen molar-refractivity contribution in [3.05, 3.63) is 71.5 Å². The molecule has 142 valence electrons. The van der Waals surface area contributed by atoms with Crippen molar-refractivity contribution in [2.24, 2.45) is 0 Å². The molecule has 5 heteroatoms. The topological polar surface area (TPSA) is 40.6 Å². The van der Waals surface area contributed by atoms with Crippen molar-refractivity contribution in [1.82, 2.24) is 9.80 Å². The highest BCUT2D eigenvalue weighted by Crippen LogP contribution is 2.26. The first-order valence-corrected chi connectivity index (χ1v) is 9.37. The quantitative estimate of drug-likeness (QED) is 0.730. The Bertz CT molecular complexity index is 794. The maximum Gasteiger partial charge on any atom is 0.222 e. The van der Waals surface area contributed by atoms with Crippen LogP contribution in [-0.2, 0) is 4.79 Å². The Labute approximate surface area is 159 Å². The highest BCUT2D eigenvalue weighted by Gasteiger charge is 2.29. The molecule has 0 saturated carbocycles. The summed E-state index contributed by atoms with van der Waals surface area (Å²) >= 11 is 0. The summed E-state index contributed by atoms with van der Waals surface area (Å²) in [4.78, 5) is 28.6. The molecule has 1 amide bonds. The normalized spacial score (nSPS) is 17.7. The van der Waals surface area contributed by atoms with Gasteiger partial charge in [-0.2, -0.15) is 0 Å². The highest BCUT2D eigenvalue weighted by atomic mass is 19.1. The fourth-order valence-electron chi connectivity index (χ4n) is 3.51. The van der Waals surface area contributed by atoms with Crippen molar-refractivity contribution < 1.29 is 14.0 Å². The van der Waals surface area contributed by atoms with Crippen molar-refractivity contribution in [3.8, 4) is 0 Å². The lowest BCUT2D eigenvalue weighted by Crippen LogP contribution is -2.49. The molecule has 0 radical (unpaired) electrons. The first-order chi connectivity index (χ1) is 13.1. The van der Waals surface area contributed by atoms with E-state index in [9.17, 15) is 14.0 Å². The van der Waals surface area contributed by atoms with Gasteiger partial charge in [-0.15, -0.1) is 0 Å². The molecule has 1 aliphatic rings. The number of hydrogen-bond acceptors (Lipinski definition) is 3. The van der Waals surface area contributed by atoms with Crippen LogP contribution < -0.4 is 0 Å². The molecular weight excluding hydrogens is 343 g/mol. The predicted octanol–water partition coefficient (Wildman–Crippen LogP) is 3.69. The standard InChI is InChI=1S/C22H25FN2O2/c1-24-14-15-25(16-20(24)18-10-5-6-11-19(18)23)22(27)13-7-12-21(26)17-8-3-2-4-9-17/h2-6,8-11,20H,7,12-16H2,1H3. The summed E-state index contributed by atoms with van der Waals surface area (Å²) in [6.07, 6.45) is 1.23. The van der Waals surface area contributed by atoms with Gasteiger partial charge in [-0.1, -0.05) is 48.5 Å². The molecule has 3 rings (SSSR count). The summed E-state index contributed by atoms with van der Waals surface area (Å²) in [5.41, 5.74) is 1.31. The van der Waals surface area contributed by atoms with Gasteiger partial charge in [0.05, 0.1) is 6.04 Å². The van der Waals surface area contributed by atoms with E-state index in [-0.39, 0.29) is 23.5 Å². The van der Waals surface area contributed by atoms with Crippen LogP contribution in [0.25, 0.3) is 0 Å². The second-order valence-electron chi connectivity index (χ2n) is 7.00. The van der Waals surface area contributed by atoms with E-state index in [4.69, 9.17) is 0 Å². The first kappa shape index (κ1) is 19.2. The number of benzene rings is 2. The summed E-state index contributed by atoms with van der Waals surface area (Å²) in [6.45, 7) is 1.81. The Hall–Kier alpha value is -2.53. The van der Waals surface area contributed by atoms with E-state index >= 15 is 0 Å². The minimum absolute atomic E-state index is 0.0327. The van der Waals surface area contributed by atoms with Gasteiger partial charge >= 0.3 is 0 Å². The minimum Gasteiger partial charge on any atom is -0.339 e. The lowest BCUT2D eigenvalue weighted by Gasteiger charge is -2.39. The summed E-state index contributed by atoms with van der Waals surface area (Å²) in [5, 5.41) is 0. The van der Waals surface area contributed by atoms with Gasteiger partial charge < -0.3 is 4.90 Å². The smallest absolute Gasteiger partial charge is 0.222 e. The van der Waals surface area contributed by atoms with Gasteiger partial charge in [-0.3, -0.25) is 14.5 Å². The van der Waals surface area contributed by atoms with Crippen molar-refractivity contribution in [1.29, 1.82) is 0 Å². The maximum atomic E-state index is 14.2. The number of halogens is 1. The molecule has 1 aliphatic heterocycles. The van der Waals surface area contributed by atoms with Crippen LogP contribution in [0, 0.1) is 5.82 Å². The summed E-state index contributed by atoms with van der Waals surface area (Å²) in [6, 6.07) is 15.7. The van der Waals surface area contributed by atoms with E-state index in [1.807, 2.05) is 31.3 Å². The highest BCUT2D eigenvalue weighted by molar-refractivity contribution is 5.96. The van der Waals surface area contributed by atoms with Gasteiger partial charge in [0.1, 0.15) is 5.82 Å². The van der Waals surface area contributed by atoms with Crippen LogP contribution in [0.2, 0.25) is 0 Å². The van der Waals surface area contributed by atoms with E-state index in [1.165, 1.54) is 6.07 Å². The molecule has 1 atom stereocenters. The Morgan fingerprint density at radius 2 is 1.70 bits per heavy atom. The largest absolute Gasteiger partial charge is 0.339 e. The van der Waals surface area contributed by atoms with Crippen molar-refractivity contribution in [3.63, 3.8) is 0 Å². The molecule has 1 heterocycles. The van der Waals surface area contributed by atoms with Crippen molar-refractivity contribution in [2.45, 2.75) is 25.3 Å². The lowest BCUT2D eigenvalue weighted by atomic mass is 10.0. The minimum atomic E-state index is -0.239. The van der Waals surface area contributed by atoms with E-state index in [2.05, 4.69) is 4.90 Å². The molecule has 1 saturated heterocycles. The molecule has 2 aromatic carbocycles. The molecule has 0 bridgehead atoms. The number of carbonyl (C=O) groups excluding carboxylic acids is 2. The fraction of sp³-hybridized carbons (Fsp3) is 0.364. The molecule has 4 nitrogen and oxygen atoms in total. The maximum absolute atomic E-state index is 14.2. The van der Waals surface area contributed by atoms with E-state index < -0.39 is 0 Å². The molecule has 27 heavy (non-hydrogen) atoms. The third-order valence-corrected chi connectivity index (χ3v) is 5.16. The lowest BCUT2D eigenvalue weighted by molar-refractivity contribution is -0.134. The Balaban J connectivity index is 1.54. The van der Waals surface area contributed by atoms with Gasteiger partial charge in [0, 0.05) is 43.6 Å². The molecular formula is C22H25FN2O2. The van der Waals surface area contributed by atoms with Crippen LogP contribution >= 0.6 is 0 Å². The van der Waals surface area contributed by atoms with Gasteiger partial charge in [0.2, 0.25) is 5.91 Å². The van der Waals surface area contributed by atoms with Gasteiger partial charge in [0.15, 0.2) is 5.78 Å². The Morgan fingerprint density at radius 3 is 2.44 bits per heavy atom. The number of amides is 1. The molecule has 1 fully saturated rings. The zero-order valence-electron chi connectivity index (χ0n) is 15.6. The summed E-state index contributed by atoms with van der Waals surface area (Å²) in [5.74, 6) is -0.145.